The molecule has 0 aliphatic heterocycles. The molecule has 0 spiro atoms. The second kappa shape index (κ2) is 5.29. The molecule has 1 aromatic rings. The monoisotopic (exact) mass is 207 g/mol. The zero-order valence-corrected chi connectivity index (χ0v) is 10.0. The van der Waals surface area contributed by atoms with Crippen LogP contribution in [0.5, 0.6) is 0 Å². The minimum absolute atomic E-state index is 0.407. The Labute approximate surface area is 92.3 Å². The normalized spacial score (nSPS) is 13.2. The zero-order chi connectivity index (χ0) is 11.4. The van der Waals surface area contributed by atoms with Crippen molar-refractivity contribution in [1.29, 1.82) is 0 Å². The largest absolute Gasteiger partial charge is 0.387 e. The summed E-state index contributed by atoms with van der Waals surface area (Å²) in [6.07, 6.45) is -0.410. The summed E-state index contributed by atoms with van der Waals surface area (Å²) < 4.78 is 0. The maximum atomic E-state index is 10.0. The molecule has 1 rings (SSSR count). The van der Waals surface area contributed by atoms with Crippen LogP contribution >= 0.6 is 0 Å². The number of nitrogens with one attached hydrogen (secondary N) is 1. The van der Waals surface area contributed by atoms with Crippen molar-refractivity contribution in [3.63, 3.8) is 0 Å². The molecule has 0 radical (unpaired) electrons. The van der Waals surface area contributed by atoms with Crippen LogP contribution in [-0.2, 0) is 0 Å². The molecule has 1 atom stereocenters. The molecule has 0 saturated heterocycles. The summed E-state index contributed by atoms with van der Waals surface area (Å²) in [4.78, 5) is 0. The topological polar surface area (TPSA) is 32.3 Å². The van der Waals surface area contributed by atoms with E-state index in [1.54, 1.807) is 0 Å². The molecule has 0 aliphatic carbocycles. The Morgan fingerprint density at radius 3 is 2.53 bits per heavy atom. The van der Waals surface area contributed by atoms with Crippen LogP contribution in [0.1, 0.15) is 36.6 Å². The molecule has 2 nitrogen and oxygen atoms in total. The average Bonchev–Trinajstić information content (AvgIpc) is 2.18. The lowest BCUT2D eigenvalue weighted by atomic mass is 10.0. The van der Waals surface area contributed by atoms with Crippen LogP contribution in [0.2, 0.25) is 0 Å². The Bertz CT molecular complexity index is 320. The fourth-order valence-electron chi connectivity index (χ4n) is 1.58. The molecule has 0 saturated carbocycles. The Hall–Kier alpha value is -0.860. The van der Waals surface area contributed by atoms with Gasteiger partial charge < -0.3 is 10.4 Å². The van der Waals surface area contributed by atoms with Crippen molar-refractivity contribution in [2.24, 2.45) is 0 Å². The van der Waals surface area contributed by atoms with Crippen molar-refractivity contribution in [3.05, 3.63) is 34.9 Å². The third-order valence-corrected chi connectivity index (χ3v) is 2.51. The molecule has 0 aromatic heterocycles. The van der Waals surface area contributed by atoms with Gasteiger partial charge in [0.05, 0.1) is 6.10 Å². The molecule has 0 fully saturated rings. The first-order valence-corrected chi connectivity index (χ1v) is 5.49. The van der Waals surface area contributed by atoms with Crippen LogP contribution in [0.4, 0.5) is 0 Å². The van der Waals surface area contributed by atoms with Gasteiger partial charge in [0, 0.05) is 12.6 Å². The number of aryl methyl sites for hydroxylation is 2. The maximum Gasteiger partial charge on any atom is 0.0917 e. The summed E-state index contributed by atoms with van der Waals surface area (Å²) in [7, 11) is 0. The maximum absolute atomic E-state index is 10.0. The van der Waals surface area contributed by atoms with Gasteiger partial charge in [-0.15, -0.1) is 0 Å². The molecule has 0 aliphatic rings. The van der Waals surface area contributed by atoms with Gasteiger partial charge in [0.25, 0.3) is 0 Å². The van der Waals surface area contributed by atoms with Gasteiger partial charge in [0.1, 0.15) is 0 Å². The summed E-state index contributed by atoms with van der Waals surface area (Å²) in [5.74, 6) is 0. The first-order chi connectivity index (χ1) is 7.00. The molecule has 0 heterocycles. The lowest BCUT2D eigenvalue weighted by Crippen LogP contribution is -2.28. The van der Waals surface area contributed by atoms with Gasteiger partial charge in [-0.2, -0.15) is 0 Å². The van der Waals surface area contributed by atoms with E-state index < -0.39 is 6.10 Å². The van der Waals surface area contributed by atoms with Crippen molar-refractivity contribution >= 4 is 0 Å². The molecule has 0 unspecified atom stereocenters. The molecule has 0 bridgehead atoms. The van der Waals surface area contributed by atoms with Gasteiger partial charge in [-0.3, -0.25) is 0 Å². The Balaban J connectivity index is 2.72. The zero-order valence-electron chi connectivity index (χ0n) is 10.0. The van der Waals surface area contributed by atoms with Gasteiger partial charge in [0.2, 0.25) is 0 Å². The second-order valence-electron chi connectivity index (χ2n) is 4.44. The van der Waals surface area contributed by atoms with E-state index in [1.807, 2.05) is 13.8 Å². The smallest absolute Gasteiger partial charge is 0.0917 e. The number of aliphatic hydroxyl groups excluding tert-OH is 1. The predicted molar refractivity (Wildman–Crippen MR) is 64.0 cm³/mol. The van der Waals surface area contributed by atoms with E-state index in [-0.39, 0.29) is 0 Å². The lowest BCUT2D eigenvalue weighted by Gasteiger charge is -2.16. The van der Waals surface area contributed by atoms with E-state index in [1.165, 1.54) is 5.56 Å². The third-order valence-electron chi connectivity index (χ3n) is 2.51. The van der Waals surface area contributed by atoms with E-state index in [0.29, 0.717) is 12.6 Å². The first-order valence-electron chi connectivity index (χ1n) is 5.49. The summed E-state index contributed by atoms with van der Waals surface area (Å²) in [5, 5.41) is 13.3. The van der Waals surface area contributed by atoms with Gasteiger partial charge in [-0.25, -0.2) is 0 Å². The molecule has 0 amide bonds. The minimum Gasteiger partial charge on any atom is -0.387 e. The first kappa shape index (κ1) is 12.2. The highest BCUT2D eigenvalue weighted by atomic mass is 16.3. The fraction of sp³-hybridized carbons (Fsp3) is 0.538. The molecule has 1 aromatic carbocycles. The predicted octanol–water partition coefficient (Wildman–Crippen LogP) is 2.33. The van der Waals surface area contributed by atoms with Crippen LogP contribution < -0.4 is 5.32 Å². The minimum atomic E-state index is -0.410. The fourth-order valence-corrected chi connectivity index (χ4v) is 1.58. The SMILES string of the molecule is Cc1ccc(C)c([C@H](O)CNC(C)C)c1. The molecule has 2 N–H and O–H groups in total. The highest BCUT2D eigenvalue weighted by molar-refractivity contribution is 5.32. The standard InChI is InChI=1S/C13H21NO/c1-9(2)14-8-13(15)12-7-10(3)5-6-11(12)4/h5-7,9,13-15H,8H2,1-4H3/t13-/m1/s1. The molecule has 15 heavy (non-hydrogen) atoms. The van der Waals surface area contributed by atoms with Crippen LogP contribution in [0.15, 0.2) is 18.2 Å². The van der Waals surface area contributed by atoms with E-state index in [9.17, 15) is 5.11 Å². The molecular weight excluding hydrogens is 186 g/mol. The summed E-state index contributed by atoms with van der Waals surface area (Å²) in [6, 6.07) is 6.59. The van der Waals surface area contributed by atoms with Crippen LogP contribution in [0.25, 0.3) is 0 Å². The van der Waals surface area contributed by atoms with Crippen molar-refractivity contribution in [2.45, 2.75) is 39.8 Å². The molecular formula is C13H21NO. The highest BCUT2D eigenvalue weighted by Crippen LogP contribution is 2.18. The van der Waals surface area contributed by atoms with Gasteiger partial charge in [-0.05, 0) is 25.0 Å². The summed E-state index contributed by atoms with van der Waals surface area (Å²) in [6.45, 7) is 8.85. The lowest BCUT2D eigenvalue weighted by molar-refractivity contribution is 0.171. The van der Waals surface area contributed by atoms with Crippen molar-refractivity contribution in [3.8, 4) is 0 Å². The van der Waals surface area contributed by atoms with Crippen molar-refractivity contribution in [1.82, 2.24) is 5.32 Å². The van der Waals surface area contributed by atoms with E-state index >= 15 is 0 Å². The van der Waals surface area contributed by atoms with Crippen molar-refractivity contribution < 1.29 is 5.11 Å². The van der Waals surface area contributed by atoms with Crippen molar-refractivity contribution in [2.75, 3.05) is 6.54 Å². The van der Waals surface area contributed by atoms with E-state index in [0.717, 1.165) is 11.1 Å². The number of rotatable bonds is 4. The number of hydrogen-bond acceptors (Lipinski definition) is 2. The number of aliphatic hydroxyl groups is 1. The average molecular weight is 207 g/mol. The van der Waals surface area contributed by atoms with Crippen LogP contribution in [0, 0.1) is 13.8 Å². The van der Waals surface area contributed by atoms with Gasteiger partial charge in [-0.1, -0.05) is 37.6 Å². The van der Waals surface area contributed by atoms with Gasteiger partial charge in [0.15, 0.2) is 0 Å². The number of benzene rings is 1. The summed E-state index contributed by atoms with van der Waals surface area (Å²) >= 11 is 0. The van der Waals surface area contributed by atoms with Crippen LogP contribution in [0.3, 0.4) is 0 Å². The Morgan fingerprint density at radius 2 is 1.93 bits per heavy atom. The number of hydrogen-bond donors (Lipinski definition) is 2. The molecule has 2 heteroatoms. The third kappa shape index (κ3) is 3.65. The van der Waals surface area contributed by atoms with E-state index in [2.05, 4.69) is 37.4 Å². The van der Waals surface area contributed by atoms with Gasteiger partial charge >= 0.3 is 0 Å². The molecule has 84 valence electrons. The second-order valence-corrected chi connectivity index (χ2v) is 4.44. The van der Waals surface area contributed by atoms with Crippen LogP contribution in [-0.4, -0.2) is 17.7 Å². The highest BCUT2D eigenvalue weighted by Gasteiger charge is 2.10. The Morgan fingerprint density at radius 1 is 1.27 bits per heavy atom. The Kier molecular flexibility index (Phi) is 4.30. The summed E-state index contributed by atoms with van der Waals surface area (Å²) in [5.41, 5.74) is 3.38. The van der Waals surface area contributed by atoms with E-state index in [4.69, 9.17) is 0 Å². The quantitative estimate of drug-likeness (QED) is 0.794.